The molecule has 1 fully saturated rings. The number of sulfonamides is 1. The second kappa shape index (κ2) is 6.95. The molecule has 7 nitrogen and oxygen atoms in total. The summed E-state index contributed by atoms with van der Waals surface area (Å²) in [5.41, 5.74) is 2.33. The zero-order valence-corrected chi connectivity index (χ0v) is 15.9. The van der Waals surface area contributed by atoms with Gasteiger partial charge in [-0.05, 0) is 31.2 Å². The third-order valence-corrected chi connectivity index (χ3v) is 6.82. The average Bonchev–Trinajstić information content (AvgIpc) is 2.98. The fraction of sp³-hybridized carbons (Fsp3) is 0.316. The summed E-state index contributed by atoms with van der Waals surface area (Å²) in [5, 5.41) is 0. The molecular formula is C19H21N3O4S. The minimum Gasteiger partial charge on any atom is -0.408 e. The Balaban J connectivity index is 1.46. The van der Waals surface area contributed by atoms with Crippen molar-refractivity contribution in [3.8, 4) is 0 Å². The third kappa shape index (κ3) is 3.43. The lowest BCUT2D eigenvalue weighted by Gasteiger charge is -2.33. The summed E-state index contributed by atoms with van der Waals surface area (Å²) in [7, 11) is -3.49. The summed E-state index contributed by atoms with van der Waals surface area (Å²) in [5.74, 6) is -0.397. The number of aryl methyl sites for hydroxylation is 1. The van der Waals surface area contributed by atoms with Crippen molar-refractivity contribution in [2.45, 2.75) is 18.5 Å². The van der Waals surface area contributed by atoms with Crippen LogP contribution in [0.2, 0.25) is 0 Å². The molecule has 1 saturated heterocycles. The molecule has 0 aliphatic carbocycles. The molecular weight excluding hydrogens is 366 g/mol. The first-order valence-corrected chi connectivity index (χ1v) is 10.3. The normalized spacial score (nSPS) is 16.8. The van der Waals surface area contributed by atoms with E-state index in [0.29, 0.717) is 43.3 Å². The number of rotatable bonds is 4. The van der Waals surface area contributed by atoms with E-state index in [1.807, 2.05) is 25.1 Å². The first-order valence-electron chi connectivity index (χ1n) is 8.83. The molecule has 2 heterocycles. The maximum Gasteiger partial charge on any atom is 0.421 e. The minimum atomic E-state index is -3.49. The highest BCUT2D eigenvalue weighted by molar-refractivity contribution is 7.89. The van der Waals surface area contributed by atoms with Gasteiger partial charge in [0.05, 0.1) is 17.1 Å². The first-order chi connectivity index (χ1) is 12.9. The van der Waals surface area contributed by atoms with Crippen LogP contribution < -0.4 is 5.76 Å². The Labute approximate surface area is 157 Å². The summed E-state index contributed by atoms with van der Waals surface area (Å²) in [6.07, 6.45) is 0. The van der Waals surface area contributed by atoms with Crippen molar-refractivity contribution in [1.82, 2.24) is 13.8 Å². The molecule has 27 heavy (non-hydrogen) atoms. The van der Waals surface area contributed by atoms with Crippen LogP contribution in [0, 0.1) is 6.92 Å². The Kier molecular flexibility index (Phi) is 4.63. The number of hydrogen-bond acceptors (Lipinski definition) is 5. The number of aromatic nitrogens is 1. The van der Waals surface area contributed by atoms with Crippen LogP contribution in [0.15, 0.2) is 62.6 Å². The van der Waals surface area contributed by atoms with Crippen molar-refractivity contribution in [1.29, 1.82) is 0 Å². The summed E-state index contributed by atoms with van der Waals surface area (Å²) >= 11 is 0. The van der Waals surface area contributed by atoms with E-state index < -0.39 is 15.8 Å². The predicted octanol–water partition coefficient (Wildman–Crippen LogP) is 1.87. The Morgan fingerprint density at radius 1 is 0.963 bits per heavy atom. The fourth-order valence-corrected chi connectivity index (χ4v) is 4.74. The van der Waals surface area contributed by atoms with Crippen LogP contribution in [0.25, 0.3) is 11.1 Å². The van der Waals surface area contributed by atoms with Crippen LogP contribution >= 0.6 is 0 Å². The van der Waals surface area contributed by atoms with Crippen molar-refractivity contribution in [3.63, 3.8) is 0 Å². The summed E-state index contributed by atoms with van der Waals surface area (Å²) in [4.78, 5) is 14.5. The van der Waals surface area contributed by atoms with Gasteiger partial charge in [-0.3, -0.25) is 9.47 Å². The third-order valence-electron chi connectivity index (χ3n) is 4.91. The molecule has 0 atom stereocenters. The van der Waals surface area contributed by atoms with Crippen molar-refractivity contribution in [2.24, 2.45) is 0 Å². The molecule has 142 valence electrons. The maximum atomic E-state index is 12.8. The van der Waals surface area contributed by atoms with E-state index in [1.54, 1.807) is 34.9 Å². The van der Waals surface area contributed by atoms with E-state index >= 15 is 0 Å². The van der Waals surface area contributed by atoms with Crippen LogP contribution in [0.5, 0.6) is 0 Å². The summed E-state index contributed by atoms with van der Waals surface area (Å²) < 4.78 is 33.9. The zero-order chi connectivity index (χ0) is 19.0. The molecule has 4 rings (SSSR count). The molecule has 0 radical (unpaired) electrons. The number of oxazole rings is 1. The van der Waals surface area contributed by atoms with Gasteiger partial charge in [-0.25, -0.2) is 13.2 Å². The van der Waals surface area contributed by atoms with Crippen LogP contribution in [-0.4, -0.2) is 48.4 Å². The molecule has 8 heteroatoms. The van der Waals surface area contributed by atoms with Gasteiger partial charge in [0.25, 0.3) is 0 Å². The molecule has 1 aliphatic rings. The van der Waals surface area contributed by atoms with E-state index in [1.165, 1.54) is 4.31 Å². The quantitative estimate of drug-likeness (QED) is 0.683. The lowest BCUT2D eigenvalue weighted by Crippen LogP contribution is -2.49. The number of fused-ring (bicyclic) bond motifs is 1. The van der Waals surface area contributed by atoms with E-state index in [-0.39, 0.29) is 0 Å². The second-order valence-corrected chi connectivity index (χ2v) is 8.68. The van der Waals surface area contributed by atoms with Crippen molar-refractivity contribution in [3.05, 3.63) is 64.6 Å². The van der Waals surface area contributed by atoms with E-state index in [2.05, 4.69) is 4.90 Å². The highest BCUT2D eigenvalue weighted by atomic mass is 32.2. The van der Waals surface area contributed by atoms with Gasteiger partial charge in [0.1, 0.15) is 0 Å². The largest absolute Gasteiger partial charge is 0.421 e. The van der Waals surface area contributed by atoms with Gasteiger partial charge < -0.3 is 4.42 Å². The van der Waals surface area contributed by atoms with Crippen molar-refractivity contribution >= 4 is 21.1 Å². The minimum absolute atomic E-state index is 0.318. The molecule has 0 bridgehead atoms. The van der Waals surface area contributed by atoms with Gasteiger partial charge in [0.15, 0.2) is 5.58 Å². The number of benzene rings is 2. The second-order valence-electron chi connectivity index (χ2n) is 6.74. The van der Waals surface area contributed by atoms with Gasteiger partial charge in [0, 0.05) is 26.2 Å². The molecule has 1 aromatic heterocycles. The monoisotopic (exact) mass is 387 g/mol. The Bertz CT molecular complexity index is 1110. The Morgan fingerprint density at radius 3 is 2.33 bits per heavy atom. The molecule has 2 aromatic carbocycles. The topological polar surface area (TPSA) is 75.8 Å². The average molecular weight is 387 g/mol. The number of para-hydroxylation sites is 2. The van der Waals surface area contributed by atoms with E-state index in [9.17, 15) is 13.2 Å². The van der Waals surface area contributed by atoms with Crippen LogP contribution in [-0.2, 0) is 16.7 Å². The van der Waals surface area contributed by atoms with Crippen LogP contribution in [0.3, 0.4) is 0 Å². The SMILES string of the molecule is Cc1ccc(S(=O)(=O)N2CCN(Cn3c(=O)oc4ccccc43)CC2)cc1. The van der Waals surface area contributed by atoms with Gasteiger partial charge in [-0.2, -0.15) is 4.31 Å². The van der Waals surface area contributed by atoms with Gasteiger partial charge >= 0.3 is 5.76 Å². The van der Waals surface area contributed by atoms with Crippen LogP contribution in [0.4, 0.5) is 0 Å². The highest BCUT2D eigenvalue weighted by Gasteiger charge is 2.28. The maximum absolute atomic E-state index is 12.8. The van der Waals surface area contributed by atoms with Crippen LogP contribution in [0.1, 0.15) is 5.56 Å². The van der Waals surface area contributed by atoms with Gasteiger partial charge in [-0.15, -0.1) is 0 Å². The highest BCUT2D eigenvalue weighted by Crippen LogP contribution is 2.19. The Hall–Kier alpha value is -2.42. The lowest BCUT2D eigenvalue weighted by molar-refractivity contribution is 0.150. The molecule has 3 aromatic rings. The Morgan fingerprint density at radius 2 is 1.63 bits per heavy atom. The smallest absolute Gasteiger partial charge is 0.408 e. The number of hydrogen-bond donors (Lipinski definition) is 0. The van der Waals surface area contributed by atoms with E-state index in [4.69, 9.17) is 4.42 Å². The molecule has 0 amide bonds. The molecule has 1 aliphatic heterocycles. The fourth-order valence-electron chi connectivity index (χ4n) is 3.32. The van der Waals surface area contributed by atoms with Gasteiger partial charge in [0.2, 0.25) is 10.0 Å². The summed E-state index contributed by atoms with van der Waals surface area (Å²) in [6, 6.07) is 14.2. The van der Waals surface area contributed by atoms with Crippen molar-refractivity contribution in [2.75, 3.05) is 26.2 Å². The molecule has 0 saturated carbocycles. The predicted molar refractivity (Wildman–Crippen MR) is 102 cm³/mol. The first kappa shape index (κ1) is 18.0. The van der Waals surface area contributed by atoms with Gasteiger partial charge in [-0.1, -0.05) is 29.8 Å². The molecule has 0 N–H and O–H groups in total. The molecule has 0 spiro atoms. The summed E-state index contributed by atoms with van der Waals surface area (Å²) in [6.45, 7) is 4.19. The number of nitrogens with zero attached hydrogens (tertiary/aromatic N) is 3. The standard InChI is InChI=1S/C19H21N3O4S/c1-15-6-8-16(9-7-15)27(24,25)21-12-10-20(11-13-21)14-22-17-4-2-3-5-18(17)26-19(22)23/h2-9H,10-14H2,1H3. The van der Waals surface area contributed by atoms with Crippen molar-refractivity contribution < 1.29 is 12.8 Å². The lowest BCUT2D eigenvalue weighted by atomic mass is 10.2. The van der Waals surface area contributed by atoms with E-state index in [0.717, 1.165) is 11.1 Å². The number of piperazine rings is 1. The molecule has 0 unspecified atom stereocenters. The zero-order valence-electron chi connectivity index (χ0n) is 15.0.